The van der Waals surface area contributed by atoms with Gasteiger partial charge in [-0.3, -0.25) is 14.2 Å². The van der Waals surface area contributed by atoms with E-state index in [9.17, 15) is 9.59 Å². The fourth-order valence-corrected chi connectivity index (χ4v) is 6.35. The monoisotopic (exact) mass is 530 g/mol. The first-order valence-electron chi connectivity index (χ1n) is 12.1. The number of hydrazone groups is 1. The van der Waals surface area contributed by atoms with Crippen molar-refractivity contribution in [3.8, 4) is 11.4 Å². The molecular weight excluding hydrogens is 504 g/mol. The van der Waals surface area contributed by atoms with Gasteiger partial charge in [-0.05, 0) is 67.7 Å². The molecule has 2 aromatic heterocycles. The van der Waals surface area contributed by atoms with Crippen LogP contribution in [0.2, 0.25) is 0 Å². The predicted molar refractivity (Wildman–Crippen MR) is 151 cm³/mol. The van der Waals surface area contributed by atoms with Crippen LogP contribution < -0.4 is 15.7 Å². The summed E-state index contributed by atoms with van der Waals surface area (Å²) in [7, 11) is 0. The Labute approximate surface area is 222 Å². The smallest absolute Gasteiger partial charge is 0.267 e. The van der Waals surface area contributed by atoms with Gasteiger partial charge in [-0.25, -0.2) is 10.4 Å². The molecule has 0 bridgehead atoms. The van der Waals surface area contributed by atoms with Crippen molar-refractivity contribution in [2.24, 2.45) is 5.10 Å². The summed E-state index contributed by atoms with van der Waals surface area (Å²) in [4.78, 5) is 33.0. The molecule has 0 saturated carbocycles. The van der Waals surface area contributed by atoms with E-state index >= 15 is 0 Å². The van der Waals surface area contributed by atoms with E-state index < -0.39 is 0 Å². The number of rotatable bonds is 9. The van der Waals surface area contributed by atoms with Crippen molar-refractivity contribution in [2.45, 2.75) is 31.3 Å². The van der Waals surface area contributed by atoms with Gasteiger partial charge in [-0.2, -0.15) is 5.10 Å². The molecule has 0 unspecified atom stereocenters. The fourth-order valence-electron chi connectivity index (χ4n) is 4.24. The zero-order valence-electron chi connectivity index (χ0n) is 20.3. The van der Waals surface area contributed by atoms with Gasteiger partial charge in [0.1, 0.15) is 10.6 Å². The molecule has 0 atom stereocenters. The van der Waals surface area contributed by atoms with Crippen LogP contribution in [-0.4, -0.2) is 34.0 Å². The van der Waals surface area contributed by atoms with E-state index in [0.717, 1.165) is 41.0 Å². The molecule has 37 heavy (non-hydrogen) atoms. The van der Waals surface area contributed by atoms with Crippen molar-refractivity contribution in [3.05, 3.63) is 87.0 Å². The Morgan fingerprint density at radius 3 is 2.78 bits per heavy atom. The van der Waals surface area contributed by atoms with Gasteiger partial charge < -0.3 is 4.74 Å². The largest absolute Gasteiger partial charge is 0.494 e. The Kier molecular flexibility index (Phi) is 7.82. The quantitative estimate of drug-likeness (QED) is 0.138. The summed E-state index contributed by atoms with van der Waals surface area (Å²) in [6.07, 6.45) is 8.15. The van der Waals surface area contributed by atoms with Crippen molar-refractivity contribution in [1.29, 1.82) is 0 Å². The van der Waals surface area contributed by atoms with Crippen molar-refractivity contribution in [3.63, 3.8) is 0 Å². The van der Waals surface area contributed by atoms with Gasteiger partial charge in [-0.1, -0.05) is 48.2 Å². The normalized spacial score (nSPS) is 13.0. The van der Waals surface area contributed by atoms with E-state index in [-0.39, 0.29) is 17.2 Å². The molecule has 5 rings (SSSR count). The second-order valence-corrected chi connectivity index (χ2v) is 10.4. The number of nitrogens with zero attached hydrogens (tertiary/aromatic N) is 3. The van der Waals surface area contributed by atoms with Gasteiger partial charge in [0, 0.05) is 11.1 Å². The van der Waals surface area contributed by atoms with Crippen molar-refractivity contribution >= 4 is 51.5 Å². The molecule has 0 aliphatic heterocycles. The number of amides is 1. The van der Waals surface area contributed by atoms with Gasteiger partial charge in [0.15, 0.2) is 5.16 Å². The maximum atomic E-state index is 13.7. The number of benzene rings is 2. The van der Waals surface area contributed by atoms with E-state index in [1.54, 1.807) is 22.0 Å². The number of carbonyl (C=O) groups excluding carboxylic acids is 1. The molecule has 0 saturated heterocycles. The average molecular weight is 531 g/mol. The third-order valence-electron chi connectivity index (χ3n) is 5.88. The van der Waals surface area contributed by atoms with Crippen molar-refractivity contribution in [2.75, 3.05) is 12.4 Å². The van der Waals surface area contributed by atoms with Gasteiger partial charge in [-0.15, -0.1) is 11.3 Å². The molecule has 0 radical (unpaired) electrons. The van der Waals surface area contributed by atoms with Crippen LogP contribution in [0.5, 0.6) is 5.75 Å². The number of aromatic nitrogens is 2. The van der Waals surface area contributed by atoms with E-state index in [0.29, 0.717) is 22.8 Å². The first kappa shape index (κ1) is 25.0. The standard InChI is InChI=1S/C28H26N4O3S2/c1-2-35-21-15-13-20(14-16-21)32-27(34)25-22-11-6-12-23(22)37-26(25)30-28(32)36-18-24(33)31-29-17-7-10-19-8-4-3-5-9-19/h3-5,7-10,13-17H,2,6,11-12,18H2,1H3,(H,31,33). The van der Waals surface area contributed by atoms with Crippen LogP contribution in [-0.2, 0) is 17.6 Å². The van der Waals surface area contributed by atoms with E-state index in [4.69, 9.17) is 9.72 Å². The molecule has 4 aromatic rings. The SMILES string of the molecule is CCOc1ccc(-n2c(SCC(=O)NN=CC=Cc3ccccc3)nc3sc4c(c3c2=O)CCC4)cc1. The number of aryl methyl sites for hydroxylation is 2. The Morgan fingerprint density at radius 1 is 1.19 bits per heavy atom. The second-order valence-electron chi connectivity index (χ2n) is 8.37. The van der Waals surface area contributed by atoms with Crippen LogP contribution in [0.4, 0.5) is 0 Å². The van der Waals surface area contributed by atoms with Gasteiger partial charge >= 0.3 is 0 Å². The predicted octanol–water partition coefficient (Wildman–Crippen LogP) is 5.24. The number of hydrogen-bond acceptors (Lipinski definition) is 7. The molecule has 0 spiro atoms. The minimum Gasteiger partial charge on any atom is -0.494 e. The Hall–Kier alpha value is -3.69. The minimum absolute atomic E-state index is 0.0693. The van der Waals surface area contributed by atoms with E-state index in [2.05, 4.69) is 10.5 Å². The number of allylic oxidation sites excluding steroid dienone is 1. The molecule has 2 heterocycles. The lowest BCUT2D eigenvalue weighted by Gasteiger charge is -2.13. The molecular formula is C28H26N4O3S2. The number of fused-ring (bicyclic) bond motifs is 3. The van der Waals surface area contributed by atoms with Crippen LogP contribution in [0.1, 0.15) is 29.3 Å². The first-order chi connectivity index (χ1) is 18.1. The summed E-state index contributed by atoms with van der Waals surface area (Å²) < 4.78 is 7.16. The number of thiophene rings is 1. The first-order valence-corrected chi connectivity index (χ1v) is 13.9. The maximum absolute atomic E-state index is 13.7. The summed E-state index contributed by atoms with van der Waals surface area (Å²) in [5, 5.41) is 5.16. The minimum atomic E-state index is -0.282. The molecule has 1 amide bonds. The average Bonchev–Trinajstić information content (AvgIpc) is 3.50. The Bertz CT molecular complexity index is 1520. The molecule has 9 heteroatoms. The van der Waals surface area contributed by atoms with Gasteiger partial charge in [0.25, 0.3) is 11.5 Å². The number of hydrogen-bond donors (Lipinski definition) is 1. The molecule has 2 aromatic carbocycles. The Balaban J connectivity index is 1.36. The highest BCUT2D eigenvalue weighted by Crippen LogP contribution is 2.36. The Morgan fingerprint density at radius 2 is 2.00 bits per heavy atom. The lowest BCUT2D eigenvalue weighted by molar-refractivity contribution is -0.118. The number of nitrogens with one attached hydrogen (secondary N) is 1. The lowest BCUT2D eigenvalue weighted by Crippen LogP contribution is -2.24. The number of ether oxygens (including phenoxy) is 1. The van der Waals surface area contributed by atoms with Gasteiger partial charge in [0.2, 0.25) is 0 Å². The molecule has 1 N–H and O–H groups in total. The number of thioether (sulfide) groups is 1. The van der Waals surface area contributed by atoms with Crippen LogP contribution in [0, 0.1) is 0 Å². The summed E-state index contributed by atoms with van der Waals surface area (Å²) in [5.41, 5.74) is 5.30. The summed E-state index contributed by atoms with van der Waals surface area (Å²) in [6, 6.07) is 17.2. The van der Waals surface area contributed by atoms with Crippen molar-refractivity contribution in [1.82, 2.24) is 15.0 Å². The van der Waals surface area contributed by atoms with Crippen LogP contribution in [0.3, 0.4) is 0 Å². The van der Waals surface area contributed by atoms with E-state index in [1.807, 2.05) is 67.6 Å². The van der Waals surface area contributed by atoms with Crippen LogP contribution >= 0.6 is 23.1 Å². The highest BCUT2D eigenvalue weighted by Gasteiger charge is 2.24. The van der Waals surface area contributed by atoms with E-state index in [1.165, 1.54) is 22.9 Å². The molecule has 1 aliphatic carbocycles. The van der Waals surface area contributed by atoms with Gasteiger partial charge in [0.05, 0.1) is 23.4 Å². The topological polar surface area (TPSA) is 85.6 Å². The molecule has 7 nitrogen and oxygen atoms in total. The summed E-state index contributed by atoms with van der Waals surface area (Å²) in [5.74, 6) is 0.521. The number of carbonyl (C=O) groups is 1. The third kappa shape index (κ3) is 5.68. The van der Waals surface area contributed by atoms with Crippen molar-refractivity contribution < 1.29 is 9.53 Å². The molecule has 0 fully saturated rings. The highest BCUT2D eigenvalue weighted by atomic mass is 32.2. The van der Waals surface area contributed by atoms with Crippen LogP contribution in [0.25, 0.3) is 22.0 Å². The zero-order valence-corrected chi connectivity index (χ0v) is 22.0. The second kappa shape index (κ2) is 11.6. The summed E-state index contributed by atoms with van der Waals surface area (Å²) in [6.45, 7) is 2.49. The maximum Gasteiger partial charge on any atom is 0.267 e. The summed E-state index contributed by atoms with van der Waals surface area (Å²) >= 11 is 2.81. The lowest BCUT2D eigenvalue weighted by atomic mass is 10.2. The van der Waals surface area contributed by atoms with Crippen LogP contribution in [0.15, 0.2) is 75.7 Å². The fraction of sp³-hybridized carbons (Fsp3) is 0.214. The molecule has 1 aliphatic rings. The highest BCUT2D eigenvalue weighted by molar-refractivity contribution is 7.99. The zero-order chi connectivity index (χ0) is 25.6. The molecule has 188 valence electrons. The third-order valence-corrected chi connectivity index (χ3v) is 8.01.